The molecule has 0 bridgehead atoms. The van der Waals surface area contributed by atoms with E-state index in [2.05, 4.69) is 134 Å². The van der Waals surface area contributed by atoms with Crippen molar-refractivity contribution in [3.63, 3.8) is 0 Å². The third kappa shape index (κ3) is 11.6. The smallest absolute Gasteiger partial charge is 0.207 e. The maximum atomic E-state index is 14.3. The van der Waals surface area contributed by atoms with Gasteiger partial charge < -0.3 is 0 Å². The molecule has 69 heavy (non-hydrogen) atoms. The summed E-state index contributed by atoms with van der Waals surface area (Å²) in [7, 11) is 6.03. The van der Waals surface area contributed by atoms with Crippen molar-refractivity contribution in [3.8, 4) is 67.2 Å². The average molecular weight is 923 g/mol. The SMILES string of the molecule is CCc1cc(-c2ccc(-c3ccccc3C)[n+](C)c2)ccc1F.Cc1cc(-c2ccc(-c3ccccc3C)[n+](C)c2)ccc1F.[2H]C([2H])([2H])C([2H])(C)c1cc(-c2ccc(-c3ccccc3C)[n+](C)c2)ccc1F. The Hall–Kier alpha value is -7.44. The van der Waals surface area contributed by atoms with Crippen molar-refractivity contribution in [2.45, 2.75) is 60.7 Å². The molecule has 9 rings (SSSR count). The number of nitrogens with zero attached hydrogens (tertiary/aromatic N) is 3. The molecule has 6 heteroatoms. The first-order valence-corrected chi connectivity index (χ1v) is 23.2. The van der Waals surface area contributed by atoms with Crippen LogP contribution < -0.4 is 13.7 Å². The van der Waals surface area contributed by atoms with Crippen molar-refractivity contribution in [1.29, 1.82) is 0 Å². The molecule has 6 aromatic carbocycles. The van der Waals surface area contributed by atoms with Gasteiger partial charge in [-0.05, 0) is 163 Å². The van der Waals surface area contributed by atoms with Crippen LogP contribution in [0.5, 0.6) is 0 Å². The van der Waals surface area contributed by atoms with Crippen molar-refractivity contribution in [2.24, 2.45) is 21.1 Å². The van der Waals surface area contributed by atoms with E-state index in [0.717, 1.165) is 50.2 Å². The number of aryl methyl sites for hydroxylation is 8. The molecule has 9 aromatic rings. The van der Waals surface area contributed by atoms with Crippen LogP contribution in [0.25, 0.3) is 67.2 Å². The summed E-state index contributed by atoms with van der Waals surface area (Å²) in [4.78, 5) is 0. The second kappa shape index (κ2) is 22.1. The number of halogens is 3. The monoisotopic (exact) mass is 923 g/mol. The molecular formula is C63H63F3N3+3. The van der Waals surface area contributed by atoms with Gasteiger partial charge in [0, 0.05) is 57.1 Å². The zero-order chi connectivity index (χ0) is 52.8. The number of rotatable bonds is 8. The Bertz CT molecular complexity index is 3440. The Morgan fingerprint density at radius 1 is 0.435 bits per heavy atom. The first-order valence-electron chi connectivity index (χ1n) is 25.2. The lowest BCUT2D eigenvalue weighted by Crippen LogP contribution is -2.30. The minimum atomic E-state index is -2.63. The summed E-state index contributed by atoms with van der Waals surface area (Å²) in [6, 6.07) is 52.1. The summed E-state index contributed by atoms with van der Waals surface area (Å²) in [5.41, 5.74) is 17.7. The standard InChI is InChI=1S/C22H23FN.C21H21FN.C20H19FN/c1-15(2)20-13-17(9-11-21(20)23)18-10-12-22(24(4)14-18)19-8-6-5-7-16(19)3;1-4-16-13-17(9-11-20(16)22)18-10-12-21(23(3)14-18)19-8-6-5-7-15(19)2;1-14-6-4-5-7-18(14)20-11-9-17(13-22(20)3)16-8-10-19(21)15(2)12-16/h5-15H,1-4H3;5-14H,4H2,1-3H3;4-13H,1-3H3/q3*+1/i1D3,15D;;. The third-order valence-corrected chi connectivity index (χ3v) is 12.6. The highest BCUT2D eigenvalue weighted by Gasteiger charge is 2.18. The Morgan fingerprint density at radius 2 is 0.797 bits per heavy atom. The molecule has 1 unspecified atom stereocenters. The number of hydrogen-bond donors (Lipinski definition) is 0. The van der Waals surface area contributed by atoms with Crippen LogP contribution in [-0.4, -0.2) is 0 Å². The van der Waals surface area contributed by atoms with Crippen LogP contribution in [0, 0.1) is 45.1 Å². The molecule has 0 amide bonds. The normalized spacial score (nSPS) is 12.8. The summed E-state index contributed by atoms with van der Waals surface area (Å²) in [5, 5.41) is 0. The molecule has 3 aromatic heterocycles. The van der Waals surface area contributed by atoms with Crippen LogP contribution in [0.4, 0.5) is 13.2 Å². The summed E-state index contributed by atoms with van der Waals surface area (Å²) in [6.07, 6.45) is 6.82. The summed E-state index contributed by atoms with van der Waals surface area (Å²) in [6.45, 7) is 8.65. The molecular weight excluding hydrogens is 856 g/mol. The molecule has 0 saturated carbocycles. The van der Waals surface area contributed by atoms with Crippen molar-refractivity contribution in [3.05, 3.63) is 233 Å². The molecule has 0 aliphatic carbocycles. The number of benzene rings is 6. The zero-order valence-corrected chi connectivity index (χ0v) is 41.0. The second-order valence-electron chi connectivity index (χ2n) is 17.6. The number of pyridine rings is 3. The van der Waals surface area contributed by atoms with Crippen molar-refractivity contribution < 1.29 is 32.4 Å². The Labute approximate surface area is 413 Å². The maximum Gasteiger partial charge on any atom is 0.212 e. The van der Waals surface area contributed by atoms with Crippen LogP contribution in [0.15, 0.2) is 182 Å². The minimum absolute atomic E-state index is 0.128. The van der Waals surface area contributed by atoms with Gasteiger partial charge >= 0.3 is 0 Å². The summed E-state index contributed by atoms with van der Waals surface area (Å²) >= 11 is 0. The number of aromatic nitrogens is 3. The van der Waals surface area contributed by atoms with Gasteiger partial charge in [0.25, 0.3) is 0 Å². The van der Waals surface area contributed by atoms with Gasteiger partial charge in [-0.1, -0.05) is 93.5 Å². The third-order valence-electron chi connectivity index (χ3n) is 12.6. The van der Waals surface area contributed by atoms with E-state index in [9.17, 15) is 13.2 Å². The molecule has 0 fully saturated rings. The van der Waals surface area contributed by atoms with Crippen LogP contribution in [-0.2, 0) is 27.6 Å². The molecule has 0 aliphatic heterocycles. The molecule has 1 atom stereocenters. The molecule has 0 N–H and O–H groups in total. The minimum Gasteiger partial charge on any atom is -0.207 e. The fourth-order valence-corrected chi connectivity index (χ4v) is 8.60. The molecule has 348 valence electrons. The van der Waals surface area contributed by atoms with E-state index < -0.39 is 18.6 Å². The average Bonchev–Trinajstić information content (AvgIpc) is 3.36. The van der Waals surface area contributed by atoms with Gasteiger partial charge in [0.1, 0.15) is 38.6 Å². The summed E-state index contributed by atoms with van der Waals surface area (Å²) < 4.78 is 78.7. The van der Waals surface area contributed by atoms with Gasteiger partial charge in [0.2, 0.25) is 17.1 Å². The lowest BCUT2D eigenvalue weighted by molar-refractivity contribution is -0.660. The highest BCUT2D eigenvalue weighted by molar-refractivity contribution is 5.69. The molecule has 3 nitrogen and oxygen atoms in total. The van der Waals surface area contributed by atoms with E-state index in [-0.39, 0.29) is 17.2 Å². The zero-order valence-electron chi connectivity index (χ0n) is 45.0. The highest BCUT2D eigenvalue weighted by Crippen LogP contribution is 2.29. The van der Waals surface area contributed by atoms with Crippen LogP contribution in [0.3, 0.4) is 0 Å². The van der Waals surface area contributed by atoms with Gasteiger partial charge in [0.15, 0.2) is 18.6 Å². The lowest BCUT2D eigenvalue weighted by Gasteiger charge is -2.10. The van der Waals surface area contributed by atoms with E-state index in [1.165, 1.54) is 58.8 Å². The first kappa shape index (κ1) is 44.1. The lowest BCUT2D eigenvalue weighted by atomic mass is 9.97. The van der Waals surface area contributed by atoms with Gasteiger partial charge in [-0.15, -0.1) is 0 Å². The van der Waals surface area contributed by atoms with Crippen LogP contribution >= 0.6 is 0 Å². The van der Waals surface area contributed by atoms with Gasteiger partial charge in [-0.2, -0.15) is 0 Å². The largest absolute Gasteiger partial charge is 0.212 e. The van der Waals surface area contributed by atoms with Gasteiger partial charge in [-0.3, -0.25) is 0 Å². The van der Waals surface area contributed by atoms with Crippen molar-refractivity contribution in [2.75, 3.05) is 0 Å². The highest BCUT2D eigenvalue weighted by atomic mass is 19.1. The summed E-state index contributed by atoms with van der Waals surface area (Å²) in [5.74, 6) is -3.00. The van der Waals surface area contributed by atoms with Crippen molar-refractivity contribution >= 4 is 0 Å². The van der Waals surface area contributed by atoms with Crippen LogP contribution in [0.2, 0.25) is 0 Å². The molecule has 3 heterocycles. The Kier molecular flexibility index (Phi) is 14.1. The molecule has 0 radical (unpaired) electrons. The maximum absolute atomic E-state index is 14.3. The van der Waals surface area contributed by atoms with E-state index in [4.69, 9.17) is 5.48 Å². The molecule has 0 saturated heterocycles. The van der Waals surface area contributed by atoms with E-state index >= 15 is 0 Å². The fraction of sp³-hybridized carbons (Fsp3) is 0.190. The van der Waals surface area contributed by atoms with Gasteiger partial charge in [-0.25, -0.2) is 26.9 Å². The fourth-order valence-electron chi connectivity index (χ4n) is 8.60. The van der Waals surface area contributed by atoms with Crippen molar-refractivity contribution in [1.82, 2.24) is 0 Å². The van der Waals surface area contributed by atoms with Gasteiger partial charge in [0.05, 0.1) is 0 Å². The van der Waals surface area contributed by atoms with Crippen LogP contribution in [0.1, 0.15) is 65.5 Å². The topological polar surface area (TPSA) is 11.6 Å². The Balaban J connectivity index is 0.000000162. The molecule has 0 spiro atoms. The quantitative estimate of drug-likeness (QED) is 0.135. The predicted molar refractivity (Wildman–Crippen MR) is 278 cm³/mol. The van der Waals surface area contributed by atoms with E-state index in [0.29, 0.717) is 17.5 Å². The van der Waals surface area contributed by atoms with E-state index in [1.807, 2.05) is 80.3 Å². The second-order valence-corrected chi connectivity index (χ2v) is 17.6. The predicted octanol–water partition coefficient (Wildman–Crippen LogP) is 14.9. The Morgan fingerprint density at radius 3 is 1.17 bits per heavy atom. The molecule has 0 aliphatic rings. The number of hydrogen-bond acceptors (Lipinski definition) is 0. The first-order chi connectivity index (χ1) is 34.7. The van der Waals surface area contributed by atoms with E-state index in [1.54, 1.807) is 19.1 Å².